The van der Waals surface area contributed by atoms with Gasteiger partial charge in [0.05, 0.1) is 0 Å². The predicted octanol–water partition coefficient (Wildman–Crippen LogP) is -2.05. The van der Waals surface area contributed by atoms with E-state index in [1.54, 1.807) is 0 Å². The van der Waals surface area contributed by atoms with Crippen molar-refractivity contribution in [2.45, 2.75) is 31.7 Å². The van der Waals surface area contributed by atoms with Gasteiger partial charge in [-0.05, 0) is 12.8 Å². The minimum Gasteiger partial charge on any atom is -1.00 e. The topological polar surface area (TPSA) is 23.8 Å². The van der Waals surface area contributed by atoms with Crippen LogP contribution < -0.4 is 24.8 Å². The van der Waals surface area contributed by atoms with Crippen LogP contribution in [0.2, 0.25) is 0 Å². The Bertz CT molecular complexity index is 220. The fourth-order valence-corrected chi connectivity index (χ4v) is 1.40. The number of hydrogen-bond donors (Lipinski definition) is 0. The molecule has 1 N–H and O–H groups in total. The van der Waals surface area contributed by atoms with Crippen LogP contribution in [0.15, 0.2) is 42.5 Å². The van der Waals surface area contributed by atoms with Crippen molar-refractivity contribution in [3.8, 4) is 0 Å². The van der Waals surface area contributed by atoms with Gasteiger partial charge in [0, 0.05) is 0 Å². The zero-order valence-electron chi connectivity index (χ0n) is 9.26. The second-order valence-corrected chi connectivity index (χ2v) is 3.42. The molecule has 1 aromatic rings. The summed E-state index contributed by atoms with van der Waals surface area (Å²) in [6, 6.07) is 10.1. The number of halogens is 2. The van der Waals surface area contributed by atoms with Gasteiger partial charge in [0.2, 0.25) is 0 Å². The first-order valence-electron chi connectivity index (χ1n) is 4.86. The van der Waals surface area contributed by atoms with Crippen LogP contribution in [0.25, 0.3) is 5.73 Å². The van der Waals surface area contributed by atoms with E-state index in [1.807, 2.05) is 30.3 Å². The summed E-state index contributed by atoms with van der Waals surface area (Å²) in [6.45, 7) is 3.81. The van der Waals surface area contributed by atoms with Gasteiger partial charge < -0.3 is 30.5 Å². The van der Waals surface area contributed by atoms with Gasteiger partial charge in [-0.15, -0.1) is 12.6 Å². The summed E-state index contributed by atoms with van der Waals surface area (Å²) < 4.78 is 0. The molecule has 1 nitrogen and oxygen atoms in total. The molecule has 1 fully saturated rings. The molecule has 0 amide bonds. The molecule has 0 saturated heterocycles. The van der Waals surface area contributed by atoms with Crippen molar-refractivity contribution in [2.75, 3.05) is 0 Å². The van der Waals surface area contributed by atoms with Crippen molar-refractivity contribution < 1.29 is 46.5 Å². The summed E-state index contributed by atoms with van der Waals surface area (Å²) in [7, 11) is 0. The number of rotatable bonds is 0. The SMILES string of the molecule is C=C1CCCCC1[NH-].[Cl-].[Cl-].[Ti+4].c1cc[cH-]c1. The molecule has 4 heteroatoms. The molecular formula is C12H17Cl2NTi. The summed E-state index contributed by atoms with van der Waals surface area (Å²) >= 11 is 0. The minimum absolute atomic E-state index is 0. The van der Waals surface area contributed by atoms with Crippen molar-refractivity contribution in [1.29, 1.82) is 0 Å². The molecule has 1 saturated carbocycles. The average Bonchev–Trinajstić information content (AvgIpc) is 2.68. The van der Waals surface area contributed by atoms with Gasteiger partial charge in [0.15, 0.2) is 0 Å². The largest absolute Gasteiger partial charge is 4.00 e. The summed E-state index contributed by atoms with van der Waals surface area (Å²) in [5.41, 5.74) is 8.51. The minimum atomic E-state index is 0. The zero-order valence-corrected chi connectivity index (χ0v) is 12.3. The van der Waals surface area contributed by atoms with Crippen molar-refractivity contribution in [3.63, 3.8) is 0 Å². The first kappa shape index (κ1) is 21.6. The molecule has 16 heavy (non-hydrogen) atoms. The van der Waals surface area contributed by atoms with E-state index in [0.29, 0.717) is 0 Å². The molecule has 0 aliphatic heterocycles. The maximum Gasteiger partial charge on any atom is 4.00 e. The molecule has 0 spiro atoms. The Hall–Kier alpha value is 0.344. The first-order valence-corrected chi connectivity index (χ1v) is 4.86. The zero-order chi connectivity index (χ0) is 9.52. The Morgan fingerprint density at radius 1 is 1.19 bits per heavy atom. The molecule has 0 bridgehead atoms. The van der Waals surface area contributed by atoms with E-state index in [-0.39, 0.29) is 52.6 Å². The molecule has 1 aromatic carbocycles. The van der Waals surface area contributed by atoms with Gasteiger partial charge in [-0.3, -0.25) is 0 Å². The molecule has 2 rings (SSSR count). The molecule has 88 valence electrons. The number of hydrogen-bond acceptors (Lipinski definition) is 0. The van der Waals surface area contributed by atoms with E-state index in [9.17, 15) is 0 Å². The van der Waals surface area contributed by atoms with Gasteiger partial charge in [0.25, 0.3) is 0 Å². The molecule has 0 heterocycles. The van der Waals surface area contributed by atoms with E-state index < -0.39 is 0 Å². The Morgan fingerprint density at radius 3 is 2.00 bits per heavy atom. The third-order valence-corrected chi connectivity index (χ3v) is 2.29. The van der Waals surface area contributed by atoms with Gasteiger partial charge in [-0.1, -0.05) is 18.4 Å². The maximum atomic E-state index is 7.38. The van der Waals surface area contributed by atoms with E-state index in [0.717, 1.165) is 18.4 Å². The van der Waals surface area contributed by atoms with E-state index in [4.69, 9.17) is 5.73 Å². The van der Waals surface area contributed by atoms with Crippen LogP contribution in [0.5, 0.6) is 0 Å². The van der Waals surface area contributed by atoms with E-state index in [2.05, 4.69) is 6.58 Å². The van der Waals surface area contributed by atoms with Crippen molar-refractivity contribution in [2.24, 2.45) is 0 Å². The normalized spacial score (nSPS) is 17.8. The fourth-order valence-electron chi connectivity index (χ4n) is 1.40. The van der Waals surface area contributed by atoms with Gasteiger partial charge >= 0.3 is 21.7 Å². The molecule has 1 atom stereocenters. The van der Waals surface area contributed by atoms with Crippen molar-refractivity contribution >= 4 is 0 Å². The summed E-state index contributed by atoms with van der Waals surface area (Å²) in [4.78, 5) is 0. The predicted molar refractivity (Wildman–Crippen MR) is 57.8 cm³/mol. The third kappa shape index (κ3) is 9.56. The molecule has 1 aliphatic rings. The van der Waals surface area contributed by atoms with Crippen LogP contribution in [-0.2, 0) is 21.7 Å². The van der Waals surface area contributed by atoms with Crippen molar-refractivity contribution in [1.82, 2.24) is 0 Å². The van der Waals surface area contributed by atoms with Gasteiger partial charge in [0.1, 0.15) is 0 Å². The summed E-state index contributed by atoms with van der Waals surface area (Å²) in [5.74, 6) is 0. The Balaban J connectivity index is -0.000000189. The second kappa shape index (κ2) is 13.4. The molecular weight excluding hydrogens is 277 g/mol. The van der Waals surface area contributed by atoms with Crippen LogP contribution in [0.4, 0.5) is 0 Å². The molecule has 1 aliphatic carbocycles. The van der Waals surface area contributed by atoms with Crippen LogP contribution in [0, 0.1) is 0 Å². The summed E-state index contributed by atoms with van der Waals surface area (Å²) in [5, 5.41) is 0. The molecule has 0 aromatic heterocycles. The van der Waals surface area contributed by atoms with Crippen molar-refractivity contribution in [3.05, 3.63) is 48.2 Å². The van der Waals surface area contributed by atoms with Crippen LogP contribution in [0.3, 0.4) is 0 Å². The fraction of sp³-hybridized carbons (Fsp3) is 0.417. The maximum absolute atomic E-state index is 7.38. The second-order valence-electron chi connectivity index (χ2n) is 3.42. The summed E-state index contributed by atoms with van der Waals surface area (Å²) in [6.07, 6.45) is 4.62. The van der Waals surface area contributed by atoms with Crippen LogP contribution in [-0.4, -0.2) is 6.04 Å². The van der Waals surface area contributed by atoms with Crippen LogP contribution >= 0.6 is 0 Å². The Morgan fingerprint density at radius 2 is 1.75 bits per heavy atom. The van der Waals surface area contributed by atoms with Gasteiger partial charge in [-0.2, -0.15) is 18.2 Å². The van der Waals surface area contributed by atoms with E-state index in [1.165, 1.54) is 12.8 Å². The van der Waals surface area contributed by atoms with E-state index >= 15 is 0 Å². The molecule has 1 unspecified atom stereocenters. The number of nitrogens with one attached hydrogen (secondary N) is 1. The standard InChI is InChI=1S/C7H12N.C5H5.2ClH.Ti/c1-6-4-2-3-5-7(6)8;1-2-4-5-3-1;;;/h7-8H,1-5H2;1-5H;2*1H;/q2*-1;;;+4/p-2. The Kier molecular flexibility index (Phi) is 18.1. The molecule has 0 radical (unpaired) electrons. The monoisotopic (exact) mass is 293 g/mol. The van der Waals surface area contributed by atoms with Crippen LogP contribution in [0.1, 0.15) is 25.7 Å². The Labute approximate surface area is 126 Å². The quantitative estimate of drug-likeness (QED) is 0.299. The average molecular weight is 294 g/mol. The van der Waals surface area contributed by atoms with Gasteiger partial charge in [-0.25, -0.2) is 12.1 Å². The smallest absolute Gasteiger partial charge is 1.00 e. The first-order chi connectivity index (χ1) is 6.30. The third-order valence-electron chi connectivity index (χ3n) is 2.29.